The molecule has 3 heterocycles. The Kier molecular flexibility index (Phi) is 4.81. The van der Waals surface area contributed by atoms with Gasteiger partial charge in [0.1, 0.15) is 11.4 Å². The van der Waals surface area contributed by atoms with Gasteiger partial charge < -0.3 is 24.1 Å². The summed E-state index contributed by atoms with van der Waals surface area (Å²) in [6.07, 6.45) is 4.08. The summed E-state index contributed by atoms with van der Waals surface area (Å²) in [5, 5.41) is 1.00. The van der Waals surface area contributed by atoms with Crippen molar-refractivity contribution in [1.29, 1.82) is 0 Å². The second kappa shape index (κ2) is 7.42. The largest absolute Gasteiger partial charge is 0.497 e. The van der Waals surface area contributed by atoms with E-state index in [0.717, 1.165) is 22.2 Å². The highest BCUT2D eigenvalue weighted by atomic mass is 16.5. The summed E-state index contributed by atoms with van der Waals surface area (Å²) in [7, 11) is 3.50. The van der Waals surface area contributed by atoms with Crippen molar-refractivity contribution in [2.24, 2.45) is 7.05 Å². The SMILES string of the molecule is COc1ccc2[nH]cc(CC(=O)N3CCN(C(=O)c4cccn4C)CC3)c2c1. The van der Waals surface area contributed by atoms with Gasteiger partial charge >= 0.3 is 0 Å². The number of amides is 2. The lowest BCUT2D eigenvalue weighted by molar-refractivity contribution is -0.131. The Hall–Kier alpha value is -3.22. The molecule has 0 saturated carbocycles. The monoisotopic (exact) mass is 380 g/mol. The first-order valence-electron chi connectivity index (χ1n) is 9.39. The van der Waals surface area contributed by atoms with Crippen LogP contribution in [0, 0.1) is 0 Å². The predicted molar refractivity (Wildman–Crippen MR) is 106 cm³/mol. The van der Waals surface area contributed by atoms with Crippen LogP contribution in [-0.4, -0.2) is 64.5 Å². The van der Waals surface area contributed by atoms with Gasteiger partial charge in [0.2, 0.25) is 5.91 Å². The number of aryl methyl sites for hydroxylation is 1. The van der Waals surface area contributed by atoms with Gasteiger partial charge in [-0.25, -0.2) is 0 Å². The fraction of sp³-hybridized carbons (Fsp3) is 0.333. The minimum absolute atomic E-state index is 0.0170. The lowest BCUT2D eigenvalue weighted by Crippen LogP contribution is -2.51. The highest BCUT2D eigenvalue weighted by Crippen LogP contribution is 2.24. The van der Waals surface area contributed by atoms with E-state index in [1.54, 1.807) is 7.11 Å². The molecule has 28 heavy (non-hydrogen) atoms. The fourth-order valence-corrected chi connectivity index (χ4v) is 3.71. The van der Waals surface area contributed by atoms with Crippen molar-refractivity contribution < 1.29 is 14.3 Å². The topological polar surface area (TPSA) is 70.6 Å². The molecule has 0 spiro atoms. The van der Waals surface area contributed by atoms with E-state index >= 15 is 0 Å². The summed E-state index contributed by atoms with van der Waals surface area (Å²) in [5.74, 6) is 0.867. The van der Waals surface area contributed by atoms with Gasteiger partial charge in [0.05, 0.1) is 13.5 Å². The lowest BCUT2D eigenvalue weighted by Gasteiger charge is -2.34. The minimum Gasteiger partial charge on any atom is -0.497 e. The molecule has 1 aliphatic rings. The second-order valence-electron chi connectivity index (χ2n) is 7.08. The van der Waals surface area contributed by atoms with E-state index in [2.05, 4.69) is 4.98 Å². The van der Waals surface area contributed by atoms with Crippen molar-refractivity contribution in [3.8, 4) is 5.75 Å². The van der Waals surface area contributed by atoms with E-state index in [1.165, 1.54) is 0 Å². The van der Waals surface area contributed by atoms with Crippen LogP contribution >= 0.6 is 0 Å². The molecule has 0 radical (unpaired) electrons. The number of aromatic nitrogens is 2. The summed E-state index contributed by atoms with van der Waals surface area (Å²) in [6, 6.07) is 9.49. The number of piperazine rings is 1. The zero-order valence-corrected chi connectivity index (χ0v) is 16.1. The first kappa shape index (κ1) is 18.2. The number of carbonyl (C=O) groups is 2. The highest BCUT2D eigenvalue weighted by molar-refractivity contribution is 5.93. The van der Waals surface area contributed by atoms with Crippen LogP contribution in [0.4, 0.5) is 0 Å². The summed E-state index contributed by atoms with van der Waals surface area (Å²) in [5.41, 5.74) is 2.62. The van der Waals surface area contributed by atoms with Gasteiger partial charge in [-0.05, 0) is 35.9 Å². The molecule has 1 saturated heterocycles. The zero-order chi connectivity index (χ0) is 19.7. The van der Waals surface area contributed by atoms with Crippen molar-refractivity contribution in [3.63, 3.8) is 0 Å². The molecule has 146 valence electrons. The van der Waals surface area contributed by atoms with Crippen LogP contribution in [0.15, 0.2) is 42.7 Å². The van der Waals surface area contributed by atoms with Crippen molar-refractivity contribution in [1.82, 2.24) is 19.4 Å². The van der Waals surface area contributed by atoms with Crippen LogP contribution in [0.2, 0.25) is 0 Å². The van der Waals surface area contributed by atoms with Crippen molar-refractivity contribution in [2.75, 3.05) is 33.3 Å². The standard InChI is InChI=1S/C21H24N4O3/c1-23-7-3-4-19(23)21(27)25-10-8-24(9-11-25)20(26)12-15-14-22-18-6-5-16(28-2)13-17(15)18/h3-7,13-14,22H,8-12H2,1-2H3. The Balaban J connectivity index is 1.39. The number of benzene rings is 1. The molecule has 4 rings (SSSR count). The number of nitrogens with one attached hydrogen (secondary N) is 1. The molecule has 3 aromatic rings. The van der Waals surface area contributed by atoms with Gasteiger partial charge in [-0.15, -0.1) is 0 Å². The lowest BCUT2D eigenvalue weighted by atomic mass is 10.1. The van der Waals surface area contributed by atoms with Crippen molar-refractivity contribution in [3.05, 3.63) is 54.0 Å². The van der Waals surface area contributed by atoms with Crippen molar-refractivity contribution in [2.45, 2.75) is 6.42 Å². The summed E-state index contributed by atoms with van der Waals surface area (Å²) in [4.78, 5) is 32.3. The van der Waals surface area contributed by atoms with Gasteiger partial charge in [-0.1, -0.05) is 0 Å². The van der Waals surface area contributed by atoms with Gasteiger partial charge in [0, 0.05) is 56.5 Å². The molecule has 0 unspecified atom stereocenters. The zero-order valence-electron chi connectivity index (χ0n) is 16.1. The predicted octanol–water partition coefficient (Wildman–Crippen LogP) is 2.04. The first-order chi connectivity index (χ1) is 13.6. The summed E-state index contributed by atoms with van der Waals surface area (Å²) >= 11 is 0. The van der Waals surface area contributed by atoms with Gasteiger partial charge in [-0.3, -0.25) is 9.59 Å². The molecule has 1 aromatic carbocycles. The second-order valence-corrected chi connectivity index (χ2v) is 7.08. The Labute approximate surface area is 163 Å². The normalized spacial score (nSPS) is 14.5. The third-order valence-electron chi connectivity index (χ3n) is 5.40. The average Bonchev–Trinajstić information content (AvgIpc) is 3.33. The maximum atomic E-state index is 12.8. The van der Waals surface area contributed by atoms with E-state index in [9.17, 15) is 9.59 Å². The summed E-state index contributed by atoms with van der Waals surface area (Å²) < 4.78 is 7.12. The van der Waals surface area contributed by atoms with Gasteiger partial charge in [0.15, 0.2) is 0 Å². The number of carbonyl (C=O) groups excluding carboxylic acids is 2. The number of ether oxygens (including phenoxy) is 1. The van der Waals surface area contributed by atoms with E-state index in [0.29, 0.717) is 38.3 Å². The number of fused-ring (bicyclic) bond motifs is 1. The van der Waals surface area contributed by atoms with Crippen LogP contribution in [0.5, 0.6) is 5.75 Å². The van der Waals surface area contributed by atoms with Gasteiger partial charge in [0.25, 0.3) is 5.91 Å². The quantitative estimate of drug-likeness (QED) is 0.753. The number of hydrogen-bond donors (Lipinski definition) is 1. The smallest absolute Gasteiger partial charge is 0.270 e. The molecular formula is C21H24N4O3. The van der Waals surface area contributed by atoms with E-state index in [4.69, 9.17) is 4.74 Å². The Morgan fingerprint density at radius 1 is 1.11 bits per heavy atom. The molecule has 0 atom stereocenters. The Morgan fingerprint density at radius 3 is 2.54 bits per heavy atom. The number of hydrogen-bond acceptors (Lipinski definition) is 3. The molecule has 0 aliphatic carbocycles. The number of nitrogens with zero attached hydrogens (tertiary/aromatic N) is 3. The number of H-pyrrole nitrogens is 1. The molecule has 0 bridgehead atoms. The first-order valence-corrected chi connectivity index (χ1v) is 9.39. The molecule has 1 N–H and O–H groups in total. The van der Waals surface area contributed by atoms with Crippen LogP contribution < -0.4 is 4.74 Å². The summed E-state index contributed by atoms with van der Waals surface area (Å²) in [6.45, 7) is 2.22. The molecule has 1 fully saturated rings. The fourth-order valence-electron chi connectivity index (χ4n) is 3.71. The molecule has 2 aromatic heterocycles. The molecule has 7 heteroatoms. The minimum atomic E-state index is 0.0170. The molecule has 7 nitrogen and oxygen atoms in total. The molecule has 2 amide bonds. The van der Waals surface area contributed by atoms with Crippen LogP contribution in [0.3, 0.4) is 0 Å². The number of aromatic amines is 1. The third kappa shape index (κ3) is 3.35. The Morgan fingerprint density at radius 2 is 1.86 bits per heavy atom. The average molecular weight is 380 g/mol. The highest BCUT2D eigenvalue weighted by Gasteiger charge is 2.26. The van der Waals surface area contributed by atoms with Crippen LogP contribution in [0.1, 0.15) is 16.1 Å². The van der Waals surface area contributed by atoms with E-state index in [-0.39, 0.29) is 11.8 Å². The molecular weight excluding hydrogens is 356 g/mol. The Bertz CT molecular complexity index is 1010. The van der Waals surface area contributed by atoms with Crippen LogP contribution in [-0.2, 0) is 18.3 Å². The molecule has 1 aliphatic heterocycles. The maximum absolute atomic E-state index is 12.8. The van der Waals surface area contributed by atoms with Crippen molar-refractivity contribution >= 4 is 22.7 Å². The number of methoxy groups -OCH3 is 1. The number of rotatable bonds is 4. The van der Waals surface area contributed by atoms with E-state index in [1.807, 2.05) is 64.1 Å². The van der Waals surface area contributed by atoms with E-state index < -0.39 is 0 Å². The van der Waals surface area contributed by atoms with Crippen LogP contribution in [0.25, 0.3) is 10.9 Å². The maximum Gasteiger partial charge on any atom is 0.270 e. The third-order valence-corrected chi connectivity index (χ3v) is 5.40. The van der Waals surface area contributed by atoms with Gasteiger partial charge in [-0.2, -0.15) is 0 Å².